The molecular formula is C14H20O3. The van der Waals surface area contributed by atoms with E-state index in [-0.39, 0.29) is 18.3 Å². The topological polar surface area (TPSA) is 57.5 Å². The van der Waals surface area contributed by atoms with Gasteiger partial charge in [0.25, 0.3) is 0 Å². The molecule has 0 aromatic carbocycles. The molecule has 0 heterocycles. The Morgan fingerprint density at radius 3 is 2.59 bits per heavy atom. The van der Waals surface area contributed by atoms with Gasteiger partial charge in [-0.1, -0.05) is 43.6 Å². The second-order valence-corrected chi connectivity index (χ2v) is 5.17. The van der Waals surface area contributed by atoms with Gasteiger partial charge >= 0.3 is 5.97 Å². The van der Waals surface area contributed by atoms with Crippen LogP contribution >= 0.6 is 0 Å². The Morgan fingerprint density at radius 2 is 1.94 bits per heavy atom. The van der Waals surface area contributed by atoms with E-state index in [1.165, 1.54) is 6.42 Å². The standard InChI is InChI=1S/C14H20O3/c15-13(16)10-12-8-4-5-9-14(12,17)11-6-2-1-3-7-11/h4-5,8-9,11-12,17H,1-3,6-7,10H2,(H,15,16). The van der Waals surface area contributed by atoms with E-state index in [4.69, 9.17) is 5.11 Å². The van der Waals surface area contributed by atoms with Gasteiger partial charge in [-0.15, -0.1) is 0 Å². The van der Waals surface area contributed by atoms with Crippen molar-refractivity contribution in [3.63, 3.8) is 0 Å². The van der Waals surface area contributed by atoms with Crippen molar-refractivity contribution in [3.8, 4) is 0 Å². The zero-order valence-corrected chi connectivity index (χ0v) is 10.0. The molecule has 2 N–H and O–H groups in total. The van der Waals surface area contributed by atoms with Gasteiger partial charge in [-0.05, 0) is 18.8 Å². The van der Waals surface area contributed by atoms with Gasteiger partial charge in [0, 0.05) is 5.92 Å². The van der Waals surface area contributed by atoms with Crippen LogP contribution in [0.4, 0.5) is 0 Å². The zero-order valence-electron chi connectivity index (χ0n) is 10.0. The first-order valence-electron chi connectivity index (χ1n) is 6.43. The van der Waals surface area contributed by atoms with Crippen LogP contribution in [0, 0.1) is 11.8 Å². The van der Waals surface area contributed by atoms with Crippen LogP contribution in [0.1, 0.15) is 38.5 Å². The molecule has 2 aliphatic rings. The molecule has 2 atom stereocenters. The van der Waals surface area contributed by atoms with Gasteiger partial charge in [0.1, 0.15) is 0 Å². The highest BCUT2D eigenvalue weighted by Gasteiger charge is 2.42. The van der Waals surface area contributed by atoms with E-state index in [2.05, 4.69) is 0 Å². The number of hydrogen-bond donors (Lipinski definition) is 2. The SMILES string of the molecule is O=C(O)CC1C=CC=CC1(O)C1CCCCC1. The van der Waals surface area contributed by atoms with E-state index in [0.29, 0.717) is 0 Å². The highest BCUT2D eigenvalue weighted by molar-refractivity contribution is 5.67. The van der Waals surface area contributed by atoms with Gasteiger partial charge in [0.2, 0.25) is 0 Å². The van der Waals surface area contributed by atoms with Crippen molar-refractivity contribution in [2.75, 3.05) is 0 Å². The number of carboxylic acid groups (broad SMARTS) is 1. The summed E-state index contributed by atoms with van der Waals surface area (Å²) in [4.78, 5) is 10.9. The highest BCUT2D eigenvalue weighted by Crippen LogP contribution is 2.41. The normalized spacial score (nSPS) is 33.8. The van der Waals surface area contributed by atoms with Gasteiger partial charge in [-0.3, -0.25) is 4.79 Å². The Bertz CT molecular complexity index is 339. The van der Waals surface area contributed by atoms with Crippen molar-refractivity contribution in [3.05, 3.63) is 24.3 Å². The first kappa shape index (κ1) is 12.4. The summed E-state index contributed by atoms with van der Waals surface area (Å²) in [5.74, 6) is -0.918. The minimum atomic E-state index is -0.951. The van der Waals surface area contributed by atoms with E-state index in [0.717, 1.165) is 25.7 Å². The second-order valence-electron chi connectivity index (χ2n) is 5.17. The van der Waals surface area contributed by atoms with Gasteiger partial charge in [-0.2, -0.15) is 0 Å². The van der Waals surface area contributed by atoms with Gasteiger partial charge < -0.3 is 10.2 Å². The molecule has 3 nitrogen and oxygen atoms in total. The zero-order chi connectivity index (χ0) is 12.3. The van der Waals surface area contributed by atoms with Crippen molar-refractivity contribution in [1.82, 2.24) is 0 Å². The summed E-state index contributed by atoms with van der Waals surface area (Å²) in [5, 5.41) is 19.7. The van der Waals surface area contributed by atoms with E-state index >= 15 is 0 Å². The number of carbonyl (C=O) groups is 1. The minimum absolute atomic E-state index is 0.00778. The van der Waals surface area contributed by atoms with E-state index in [1.54, 1.807) is 6.08 Å². The van der Waals surface area contributed by atoms with Crippen LogP contribution in [0.25, 0.3) is 0 Å². The number of allylic oxidation sites excluding steroid dienone is 2. The molecule has 1 fully saturated rings. The summed E-state index contributed by atoms with van der Waals surface area (Å²) in [5.41, 5.74) is -0.951. The molecule has 0 aromatic heterocycles. The predicted octanol–water partition coefficient (Wildman–Crippen LogP) is 2.51. The van der Waals surface area contributed by atoms with Gasteiger partial charge in [0.05, 0.1) is 12.0 Å². The molecule has 2 unspecified atom stereocenters. The summed E-state index contributed by atoms with van der Waals surface area (Å²) >= 11 is 0. The molecule has 3 heteroatoms. The van der Waals surface area contributed by atoms with Crippen molar-refractivity contribution >= 4 is 5.97 Å². The second kappa shape index (κ2) is 5.05. The lowest BCUT2D eigenvalue weighted by Crippen LogP contribution is -2.45. The third kappa shape index (κ3) is 2.60. The Morgan fingerprint density at radius 1 is 1.24 bits per heavy atom. The van der Waals surface area contributed by atoms with Crippen molar-refractivity contribution < 1.29 is 15.0 Å². The minimum Gasteiger partial charge on any atom is -0.481 e. The maximum atomic E-state index is 10.9. The van der Waals surface area contributed by atoms with Crippen LogP contribution < -0.4 is 0 Å². The average Bonchev–Trinajstić information content (AvgIpc) is 2.33. The molecular weight excluding hydrogens is 216 g/mol. The fourth-order valence-corrected chi connectivity index (χ4v) is 3.11. The molecule has 17 heavy (non-hydrogen) atoms. The fourth-order valence-electron chi connectivity index (χ4n) is 3.11. The number of aliphatic carboxylic acids is 1. The number of rotatable bonds is 3. The van der Waals surface area contributed by atoms with E-state index in [9.17, 15) is 9.90 Å². The molecule has 0 radical (unpaired) electrons. The van der Waals surface area contributed by atoms with Crippen molar-refractivity contribution in [2.24, 2.45) is 11.8 Å². The van der Waals surface area contributed by atoms with Crippen LogP contribution in [0.15, 0.2) is 24.3 Å². The molecule has 0 aliphatic heterocycles. The first-order chi connectivity index (χ1) is 8.13. The molecule has 94 valence electrons. The van der Waals surface area contributed by atoms with Crippen LogP contribution in [-0.2, 0) is 4.79 Å². The van der Waals surface area contributed by atoms with Crippen LogP contribution in [0.3, 0.4) is 0 Å². The monoisotopic (exact) mass is 236 g/mol. The highest BCUT2D eigenvalue weighted by atomic mass is 16.4. The molecule has 0 aromatic rings. The smallest absolute Gasteiger partial charge is 0.304 e. The quantitative estimate of drug-likeness (QED) is 0.791. The first-order valence-corrected chi connectivity index (χ1v) is 6.43. The van der Waals surface area contributed by atoms with Crippen LogP contribution in [0.2, 0.25) is 0 Å². The van der Waals surface area contributed by atoms with E-state index < -0.39 is 11.6 Å². The van der Waals surface area contributed by atoms with Crippen LogP contribution in [0.5, 0.6) is 0 Å². The van der Waals surface area contributed by atoms with Gasteiger partial charge in [0.15, 0.2) is 0 Å². The largest absolute Gasteiger partial charge is 0.481 e. The Balaban J connectivity index is 2.15. The number of hydrogen-bond acceptors (Lipinski definition) is 2. The summed E-state index contributed by atoms with van der Waals surface area (Å²) in [6, 6.07) is 0. The van der Waals surface area contributed by atoms with Crippen molar-refractivity contribution in [2.45, 2.75) is 44.1 Å². The summed E-state index contributed by atoms with van der Waals surface area (Å²) < 4.78 is 0. The molecule has 2 rings (SSSR count). The average molecular weight is 236 g/mol. The van der Waals surface area contributed by atoms with Gasteiger partial charge in [-0.25, -0.2) is 0 Å². The maximum Gasteiger partial charge on any atom is 0.304 e. The lowest BCUT2D eigenvalue weighted by Gasteiger charge is -2.41. The lowest BCUT2D eigenvalue weighted by atomic mass is 9.68. The van der Waals surface area contributed by atoms with E-state index in [1.807, 2.05) is 18.2 Å². The Labute approximate surface area is 102 Å². The lowest BCUT2D eigenvalue weighted by molar-refractivity contribution is -0.140. The predicted molar refractivity (Wildman–Crippen MR) is 65.5 cm³/mol. The molecule has 0 saturated heterocycles. The summed E-state index contributed by atoms with van der Waals surface area (Å²) in [6.45, 7) is 0. The maximum absolute atomic E-state index is 10.9. The molecule has 0 bridgehead atoms. The molecule has 0 amide bonds. The fraction of sp³-hybridized carbons (Fsp3) is 0.643. The summed E-state index contributed by atoms with van der Waals surface area (Å²) in [7, 11) is 0. The number of carboxylic acids is 1. The third-order valence-electron chi connectivity index (χ3n) is 4.07. The molecule has 0 spiro atoms. The molecule has 2 aliphatic carbocycles. The Hall–Kier alpha value is -1.09. The van der Waals surface area contributed by atoms with Crippen molar-refractivity contribution in [1.29, 1.82) is 0 Å². The molecule has 1 saturated carbocycles. The Kier molecular flexibility index (Phi) is 3.67. The third-order valence-corrected chi connectivity index (χ3v) is 4.07. The number of aliphatic hydroxyl groups is 1. The van der Waals surface area contributed by atoms with Crippen LogP contribution in [-0.4, -0.2) is 21.8 Å². The summed E-state index contributed by atoms with van der Waals surface area (Å²) in [6.07, 6.45) is 12.9.